The van der Waals surface area contributed by atoms with Crippen molar-refractivity contribution in [3.8, 4) is 0 Å². The van der Waals surface area contributed by atoms with Crippen LogP contribution < -0.4 is 5.32 Å². The van der Waals surface area contributed by atoms with Crippen LogP contribution in [0.5, 0.6) is 0 Å². The maximum Gasteiger partial charge on any atom is 0.410 e. The summed E-state index contributed by atoms with van der Waals surface area (Å²) in [4.78, 5) is 13.8. The van der Waals surface area contributed by atoms with E-state index in [1.165, 1.54) is 0 Å². The lowest BCUT2D eigenvalue weighted by atomic mass is 10.1. The average Bonchev–Trinajstić information content (AvgIpc) is 2.27. The van der Waals surface area contributed by atoms with Crippen LogP contribution in [0.4, 0.5) is 4.79 Å². The number of carbonyl (C=O) groups is 1. The molecule has 0 aromatic carbocycles. The van der Waals surface area contributed by atoms with Gasteiger partial charge in [-0.15, -0.1) is 6.58 Å². The van der Waals surface area contributed by atoms with Crippen molar-refractivity contribution in [3.05, 3.63) is 12.7 Å². The van der Waals surface area contributed by atoms with Crippen molar-refractivity contribution in [3.63, 3.8) is 0 Å². The molecule has 4 nitrogen and oxygen atoms in total. The normalized spacial score (nSPS) is 22.4. The number of hydrogen-bond donors (Lipinski definition) is 1. The number of nitrogens with one attached hydrogen (secondary N) is 1. The number of carbonyl (C=O) groups excluding carboxylic acids is 1. The van der Waals surface area contributed by atoms with Gasteiger partial charge in [-0.3, -0.25) is 0 Å². The lowest BCUT2D eigenvalue weighted by Crippen LogP contribution is -2.50. The average molecular weight is 254 g/mol. The molecule has 1 aliphatic rings. The van der Waals surface area contributed by atoms with Crippen molar-refractivity contribution < 1.29 is 9.53 Å². The number of hydrogen-bond acceptors (Lipinski definition) is 3. The van der Waals surface area contributed by atoms with Crippen molar-refractivity contribution in [2.24, 2.45) is 0 Å². The summed E-state index contributed by atoms with van der Waals surface area (Å²) in [5.74, 6) is 0. The van der Waals surface area contributed by atoms with Crippen LogP contribution in [0.1, 0.15) is 40.5 Å². The highest BCUT2D eigenvalue weighted by molar-refractivity contribution is 5.68. The molecule has 0 aliphatic carbocycles. The summed E-state index contributed by atoms with van der Waals surface area (Å²) in [7, 11) is 0. The first-order valence-corrected chi connectivity index (χ1v) is 6.68. The number of likely N-dealkylation sites (tertiary alicyclic amines) is 1. The summed E-state index contributed by atoms with van der Waals surface area (Å²) in [6, 6.07) is 0.604. The van der Waals surface area contributed by atoms with Gasteiger partial charge in [-0.2, -0.15) is 0 Å². The molecular weight excluding hydrogens is 228 g/mol. The van der Waals surface area contributed by atoms with Gasteiger partial charge in [0.2, 0.25) is 0 Å². The van der Waals surface area contributed by atoms with Crippen LogP contribution in [0.3, 0.4) is 0 Å². The van der Waals surface area contributed by atoms with Gasteiger partial charge in [-0.1, -0.05) is 6.08 Å². The van der Waals surface area contributed by atoms with Gasteiger partial charge in [0.15, 0.2) is 0 Å². The van der Waals surface area contributed by atoms with E-state index in [2.05, 4.69) is 18.8 Å². The fraction of sp³-hybridized carbons (Fsp3) is 0.786. The number of ether oxygens (including phenoxy) is 1. The van der Waals surface area contributed by atoms with Gasteiger partial charge in [0.1, 0.15) is 5.60 Å². The van der Waals surface area contributed by atoms with Gasteiger partial charge < -0.3 is 15.0 Å². The van der Waals surface area contributed by atoms with Crippen molar-refractivity contribution in [2.75, 3.05) is 13.1 Å². The van der Waals surface area contributed by atoms with Crippen LogP contribution in [-0.2, 0) is 4.74 Å². The van der Waals surface area contributed by atoms with E-state index in [1.54, 1.807) is 4.90 Å². The van der Waals surface area contributed by atoms with E-state index in [4.69, 9.17) is 4.74 Å². The maximum absolute atomic E-state index is 12.0. The monoisotopic (exact) mass is 254 g/mol. The number of amides is 1. The Morgan fingerprint density at radius 1 is 1.56 bits per heavy atom. The molecule has 1 aliphatic heterocycles. The zero-order valence-corrected chi connectivity index (χ0v) is 12.0. The quantitative estimate of drug-likeness (QED) is 0.787. The third kappa shape index (κ3) is 5.08. The Labute approximate surface area is 110 Å². The minimum Gasteiger partial charge on any atom is -0.444 e. The fourth-order valence-electron chi connectivity index (χ4n) is 2.05. The minimum atomic E-state index is -0.425. The second-order valence-electron chi connectivity index (χ2n) is 5.96. The summed E-state index contributed by atoms with van der Waals surface area (Å²) in [6.45, 7) is 13.0. The molecule has 0 saturated carbocycles. The first-order valence-electron chi connectivity index (χ1n) is 6.68. The summed E-state index contributed by atoms with van der Waals surface area (Å²) in [5, 5.41) is 3.45. The Balaban J connectivity index is 2.48. The van der Waals surface area contributed by atoms with Crippen LogP contribution in [0.15, 0.2) is 12.7 Å². The van der Waals surface area contributed by atoms with Crippen molar-refractivity contribution in [1.82, 2.24) is 10.2 Å². The summed E-state index contributed by atoms with van der Waals surface area (Å²) < 4.78 is 5.40. The standard InChI is InChI=1S/C14H26N2O2/c1-6-11(2)15-12-8-7-9-16(10-12)13(17)18-14(3,4)5/h6,11-12,15H,1,7-10H2,2-5H3. The lowest BCUT2D eigenvalue weighted by molar-refractivity contribution is 0.0186. The molecule has 2 unspecified atom stereocenters. The van der Waals surface area contributed by atoms with Crippen LogP contribution in [0.2, 0.25) is 0 Å². The van der Waals surface area contributed by atoms with E-state index in [0.717, 1.165) is 19.4 Å². The zero-order valence-electron chi connectivity index (χ0n) is 12.0. The number of piperidine rings is 1. The zero-order chi connectivity index (χ0) is 13.8. The molecule has 1 heterocycles. The largest absolute Gasteiger partial charge is 0.444 e. The fourth-order valence-corrected chi connectivity index (χ4v) is 2.05. The van der Waals surface area contributed by atoms with E-state index in [0.29, 0.717) is 12.6 Å². The molecule has 0 bridgehead atoms. The second-order valence-corrected chi connectivity index (χ2v) is 5.96. The maximum atomic E-state index is 12.0. The first kappa shape index (κ1) is 15.0. The minimum absolute atomic E-state index is 0.208. The van der Waals surface area contributed by atoms with Gasteiger partial charge in [0, 0.05) is 25.2 Å². The molecule has 1 N–H and O–H groups in total. The molecule has 1 rings (SSSR count). The molecule has 0 aromatic heterocycles. The Morgan fingerprint density at radius 3 is 2.78 bits per heavy atom. The Bertz CT molecular complexity index is 297. The Kier molecular flexibility index (Phi) is 5.20. The molecule has 1 saturated heterocycles. The van der Waals surface area contributed by atoms with Crippen molar-refractivity contribution in [1.29, 1.82) is 0 Å². The SMILES string of the molecule is C=CC(C)NC1CCCN(C(=O)OC(C)(C)C)C1. The molecule has 0 aromatic rings. The molecule has 4 heteroatoms. The highest BCUT2D eigenvalue weighted by atomic mass is 16.6. The van der Waals surface area contributed by atoms with Gasteiger partial charge in [-0.25, -0.2) is 4.79 Å². The smallest absolute Gasteiger partial charge is 0.410 e. The predicted octanol–water partition coefficient (Wildman–Crippen LogP) is 2.55. The third-order valence-electron chi connectivity index (χ3n) is 2.93. The topological polar surface area (TPSA) is 41.6 Å². The third-order valence-corrected chi connectivity index (χ3v) is 2.93. The highest BCUT2D eigenvalue weighted by Gasteiger charge is 2.27. The number of rotatable bonds is 3. The summed E-state index contributed by atoms with van der Waals surface area (Å²) in [6.07, 6.45) is 3.78. The molecule has 1 fully saturated rings. The van der Waals surface area contributed by atoms with Crippen LogP contribution in [-0.4, -0.2) is 41.8 Å². The molecule has 0 radical (unpaired) electrons. The molecule has 104 valence electrons. The van der Waals surface area contributed by atoms with E-state index < -0.39 is 5.60 Å². The van der Waals surface area contributed by atoms with Crippen LogP contribution in [0.25, 0.3) is 0 Å². The molecular formula is C14H26N2O2. The highest BCUT2D eigenvalue weighted by Crippen LogP contribution is 2.15. The van der Waals surface area contributed by atoms with Gasteiger partial charge in [0.25, 0.3) is 0 Å². The second kappa shape index (κ2) is 6.23. The van der Waals surface area contributed by atoms with Crippen LogP contribution in [0, 0.1) is 0 Å². The summed E-state index contributed by atoms with van der Waals surface area (Å²) in [5.41, 5.74) is -0.425. The van der Waals surface area contributed by atoms with Crippen molar-refractivity contribution >= 4 is 6.09 Å². The van der Waals surface area contributed by atoms with Gasteiger partial charge in [0.05, 0.1) is 0 Å². The Hall–Kier alpha value is -1.03. The first-order chi connectivity index (χ1) is 8.31. The summed E-state index contributed by atoms with van der Waals surface area (Å²) >= 11 is 0. The number of nitrogens with zero attached hydrogens (tertiary/aromatic N) is 1. The van der Waals surface area contributed by atoms with Crippen molar-refractivity contribution in [2.45, 2.75) is 58.2 Å². The molecule has 0 spiro atoms. The predicted molar refractivity (Wildman–Crippen MR) is 73.6 cm³/mol. The van der Waals surface area contributed by atoms with Gasteiger partial charge >= 0.3 is 6.09 Å². The molecule has 1 amide bonds. The van der Waals surface area contributed by atoms with E-state index in [9.17, 15) is 4.79 Å². The van der Waals surface area contributed by atoms with Crippen LogP contribution >= 0.6 is 0 Å². The molecule has 18 heavy (non-hydrogen) atoms. The Morgan fingerprint density at radius 2 is 2.22 bits per heavy atom. The van der Waals surface area contributed by atoms with E-state index in [1.807, 2.05) is 26.8 Å². The molecule has 2 atom stereocenters. The van der Waals surface area contributed by atoms with E-state index >= 15 is 0 Å². The lowest BCUT2D eigenvalue weighted by Gasteiger charge is -2.35. The van der Waals surface area contributed by atoms with Gasteiger partial charge in [-0.05, 0) is 40.5 Å². The van der Waals surface area contributed by atoms with E-state index in [-0.39, 0.29) is 12.1 Å².